The maximum absolute atomic E-state index is 13.8. The smallest absolute Gasteiger partial charge is 0.343 e. The Hall–Kier alpha value is -2.29. The summed E-state index contributed by atoms with van der Waals surface area (Å²) in [6, 6.07) is 4.11. The van der Waals surface area contributed by atoms with Crippen molar-refractivity contribution in [3.05, 3.63) is 40.1 Å². The Kier molecular flexibility index (Phi) is 3.56. The van der Waals surface area contributed by atoms with Gasteiger partial charge in [-0.15, -0.1) is 5.10 Å². The molecule has 0 fully saturated rings. The average Bonchev–Trinajstić information content (AvgIpc) is 2.72. The fraction of sp³-hybridized carbons (Fsp3) is 0.100. The van der Waals surface area contributed by atoms with Crippen LogP contribution in [0, 0.1) is 5.82 Å². The van der Waals surface area contributed by atoms with Crippen LogP contribution in [-0.4, -0.2) is 25.8 Å². The van der Waals surface area contributed by atoms with Crippen molar-refractivity contribution in [2.75, 3.05) is 0 Å². The summed E-state index contributed by atoms with van der Waals surface area (Å²) < 4.78 is 15.1. The van der Waals surface area contributed by atoms with Crippen LogP contribution in [0.2, 0.25) is 0 Å². The first-order valence-corrected chi connectivity index (χ1v) is 5.91. The van der Waals surface area contributed by atoms with Crippen LogP contribution >= 0.6 is 11.8 Å². The molecule has 0 bridgehead atoms. The lowest BCUT2D eigenvalue weighted by molar-refractivity contribution is 0.318. The Morgan fingerprint density at radius 1 is 1.63 bits per heavy atom. The number of benzene rings is 1. The quantitative estimate of drug-likeness (QED) is 0.329. The summed E-state index contributed by atoms with van der Waals surface area (Å²) in [4.78, 5) is 11.4. The van der Waals surface area contributed by atoms with E-state index in [1.54, 1.807) is 0 Å². The second-order valence-corrected chi connectivity index (χ2v) is 4.61. The SMILES string of the molecule is Cn1c(Sc2ccc(/C(N)=N/O)cc2F)n[nH]c1=O. The van der Waals surface area contributed by atoms with Crippen molar-refractivity contribution in [1.29, 1.82) is 0 Å². The summed E-state index contributed by atoms with van der Waals surface area (Å²) in [5, 5.41) is 17.6. The maximum Gasteiger partial charge on any atom is 0.343 e. The minimum absolute atomic E-state index is 0.178. The third kappa shape index (κ3) is 2.60. The molecule has 0 aliphatic heterocycles. The monoisotopic (exact) mass is 283 g/mol. The van der Waals surface area contributed by atoms with Crippen LogP contribution in [0.25, 0.3) is 0 Å². The number of aromatic amines is 1. The zero-order valence-corrected chi connectivity index (χ0v) is 10.6. The molecule has 100 valence electrons. The zero-order chi connectivity index (χ0) is 14.0. The number of rotatable bonds is 3. The molecule has 19 heavy (non-hydrogen) atoms. The van der Waals surface area contributed by atoms with E-state index in [4.69, 9.17) is 10.9 Å². The molecule has 7 nitrogen and oxygen atoms in total. The van der Waals surface area contributed by atoms with Gasteiger partial charge in [0.25, 0.3) is 0 Å². The summed E-state index contributed by atoms with van der Waals surface area (Å²) in [5.74, 6) is -0.729. The number of nitrogens with one attached hydrogen (secondary N) is 1. The van der Waals surface area contributed by atoms with Crippen LogP contribution < -0.4 is 11.4 Å². The summed E-state index contributed by atoms with van der Waals surface area (Å²) in [7, 11) is 1.52. The van der Waals surface area contributed by atoms with Crippen LogP contribution in [0.5, 0.6) is 0 Å². The maximum atomic E-state index is 13.8. The molecule has 0 amide bonds. The highest BCUT2D eigenvalue weighted by Gasteiger charge is 2.11. The van der Waals surface area contributed by atoms with E-state index < -0.39 is 5.82 Å². The molecule has 9 heteroatoms. The molecule has 1 aromatic carbocycles. The van der Waals surface area contributed by atoms with E-state index in [-0.39, 0.29) is 22.0 Å². The minimum Gasteiger partial charge on any atom is -0.409 e. The Labute approximate surface area is 110 Å². The lowest BCUT2D eigenvalue weighted by atomic mass is 10.2. The first kappa shape index (κ1) is 13.1. The highest BCUT2D eigenvalue weighted by molar-refractivity contribution is 7.99. The lowest BCUT2D eigenvalue weighted by Crippen LogP contribution is -2.13. The van der Waals surface area contributed by atoms with Gasteiger partial charge in [0.1, 0.15) is 5.82 Å². The fourth-order valence-electron chi connectivity index (χ4n) is 1.32. The summed E-state index contributed by atoms with van der Waals surface area (Å²) >= 11 is 0.992. The molecule has 1 aromatic heterocycles. The summed E-state index contributed by atoms with van der Waals surface area (Å²) in [6.07, 6.45) is 0. The molecule has 0 radical (unpaired) electrons. The average molecular weight is 283 g/mol. The van der Waals surface area contributed by atoms with Crippen molar-refractivity contribution >= 4 is 17.6 Å². The van der Waals surface area contributed by atoms with E-state index in [1.807, 2.05) is 0 Å². The van der Waals surface area contributed by atoms with Crippen LogP contribution in [0.15, 0.2) is 38.2 Å². The first-order chi connectivity index (χ1) is 9.02. The number of nitrogens with two attached hydrogens (primary N) is 1. The number of halogens is 1. The van der Waals surface area contributed by atoms with E-state index in [2.05, 4.69) is 15.4 Å². The Morgan fingerprint density at radius 2 is 2.37 bits per heavy atom. The molecule has 1 heterocycles. The number of hydrogen-bond acceptors (Lipinski definition) is 5. The predicted molar refractivity (Wildman–Crippen MR) is 66.9 cm³/mol. The van der Waals surface area contributed by atoms with E-state index >= 15 is 0 Å². The van der Waals surface area contributed by atoms with Crippen LogP contribution in [-0.2, 0) is 7.05 Å². The zero-order valence-electron chi connectivity index (χ0n) is 9.79. The minimum atomic E-state index is -0.551. The molecule has 0 aliphatic rings. The van der Waals surface area contributed by atoms with Gasteiger partial charge in [-0.1, -0.05) is 5.16 Å². The molecule has 0 unspecified atom stereocenters. The van der Waals surface area contributed by atoms with Gasteiger partial charge in [0, 0.05) is 12.6 Å². The second kappa shape index (κ2) is 5.14. The van der Waals surface area contributed by atoms with Crippen molar-refractivity contribution in [1.82, 2.24) is 14.8 Å². The van der Waals surface area contributed by atoms with E-state index in [1.165, 1.54) is 23.7 Å². The molecule has 0 spiro atoms. The number of hydrogen-bond donors (Lipinski definition) is 3. The number of H-pyrrole nitrogens is 1. The van der Waals surface area contributed by atoms with Crippen LogP contribution in [0.4, 0.5) is 4.39 Å². The molecular formula is C10H10FN5O2S. The van der Waals surface area contributed by atoms with Crippen LogP contribution in [0.1, 0.15) is 5.56 Å². The van der Waals surface area contributed by atoms with Gasteiger partial charge in [0.05, 0.1) is 4.90 Å². The summed E-state index contributed by atoms with van der Waals surface area (Å²) in [6.45, 7) is 0. The Bertz CT molecular complexity index is 693. The number of oxime groups is 1. The van der Waals surface area contributed by atoms with Crippen molar-refractivity contribution in [3.8, 4) is 0 Å². The fourth-order valence-corrected chi connectivity index (χ4v) is 2.12. The van der Waals surface area contributed by atoms with Gasteiger partial charge in [-0.2, -0.15) is 0 Å². The van der Waals surface area contributed by atoms with Crippen LogP contribution in [0.3, 0.4) is 0 Å². The topological polar surface area (TPSA) is 109 Å². The van der Waals surface area contributed by atoms with Gasteiger partial charge in [-0.3, -0.25) is 4.57 Å². The van der Waals surface area contributed by atoms with Crippen molar-refractivity contribution in [2.24, 2.45) is 17.9 Å². The molecular weight excluding hydrogens is 273 g/mol. The summed E-state index contributed by atoms with van der Waals surface area (Å²) in [5.41, 5.74) is 5.24. The normalized spacial score (nSPS) is 11.8. The molecule has 0 aliphatic carbocycles. The third-order valence-electron chi connectivity index (χ3n) is 2.38. The Balaban J connectivity index is 2.32. The van der Waals surface area contributed by atoms with E-state index in [0.29, 0.717) is 5.16 Å². The second-order valence-electron chi connectivity index (χ2n) is 3.60. The van der Waals surface area contributed by atoms with Gasteiger partial charge in [0.2, 0.25) is 0 Å². The first-order valence-electron chi connectivity index (χ1n) is 5.09. The number of aromatic nitrogens is 3. The van der Waals surface area contributed by atoms with Crippen molar-refractivity contribution in [2.45, 2.75) is 10.1 Å². The highest BCUT2D eigenvalue weighted by atomic mass is 32.2. The molecule has 0 atom stereocenters. The lowest BCUT2D eigenvalue weighted by Gasteiger charge is -2.04. The largest absolute Gasteiger partial charge is 0.409 e. The van der Waals surface area contributed by atoms with Gasteiger partial charge >= 0.3 is 5.69 Å². The molecule has 4 N–H and O–H groups in total. The molecule has 2 rings (SSSR count). The molecule has 0 saturated carbocycles. The standard InChI is InChI=1S/C10H10FN5O2S/c1-16-9(17)13-14-10(16)19-7-3-2-5(4-6(7)11)8(12)15-18/h2-4,18H,1H3,(H2,12,15)(H,13,17). The van der Waals surface area contributed by atoms with E-state index in [9.17, 15) is 9.18 Å². The predicted octanol–water partition coefficient (Wildman–Crippen LogP) is 0.493. The third-order valence-corrected chi connectivity index (χ3v) is 3.47. The van der Waals surface area contributed by atoms with Gasteiger partial charge in [0.15, 0.2) is 11.0 Å². The van der Waals surface area contributed by atoms with Gasteiger partial charge in [-0.25, -0.2) is 14.3 Å². The van der Waals surface area contributed by atoms with Gasteiger partial charge < -0.3 is 10.9 Å². The Morgan fingerprint density at radius 3 is 2.89 bits per heavy atom. The number of amidine groups is 1. The molecule has 0 saturated heterocycles. The van der Waals surface area contributed by atoms with Crippen molar-refractivity contribution < 1.29 is 9.60 Å². The molecule has 2 aromatic rings. The van der Waals surface area contributed by atoms with Gasteiger partial charge in [-0.05, 0) is 30.0 Å². The number of nitrogens with zero attached hydrogens (tertiary/aromatic N) is 3. The highest BCUT2D eigenvalue weighted by Crippen LogP contribution is 2.27. The van der Waals surface area contributed by atoms with E-state index in [0.717, 1.165) is 17.8 Å². The van der Waals surface area contributed by atoms with Crippen molar-refractivity contribution in [3.63, 3.8) is 0 Å².